The first kappa shape index (κ1) is 14.8. The van der Waals surface area contributed by atoms with Crippen LogP contribution in [0.2, 0.25) is 0 Å². The highest BCUT2D eigenvalue weighted by atomic mass is 15.3. The van der Waals surface area contributed by atoms with E-state index in [2.05, 4.69) is 48.3 Å². The lowest BCUT2D eigenvalue weighted by Gasteiger charge is -2.14. The zero-order valence-electron chi connectivity index (χ0n) is 13.1. The monoisotopic (exact) mass is 275 g/mol. The second-order valence-corrected chi connectivity index (χ2v) is 5.51. The van der Waals surface area contributed by atoms with Crippen molar-refractivity contribution in [3.63, 3.8) is 0 Å². The summed E-state index contributed by atoms with van der Waals surface area (Å²) in [6.07, 6.45) is 4.10. The van der Waals surface area contributed by atoms with E-state index in [4.69, 9.17) is 0 Å². The topological polar surface area (TPSA) is 58.5 Å². The molecule has 1 unspecified atom stereocenters. The summed E-state index contributed by atoms with van der Waals surface area (Å²) in [7, 11) is 2.00. The fourth-order valence-electron chi connectivity index (χ4n) is 2.74. The van der Waals surface area contributed by atoms with E-state index < -0.39 is 0 Å². The van der Waals surface area contributed by atoms with Gasteiger partial charge in [-0.2, -0.15) is 10.2 Å². The molecule has 0 amide bonds. The zero-order valence-corrected chi connectivity index (χ0v) is 13.1. The molecule has 2 heterocycles. The summed E-state index contributed by atoms with van der Waals surface area (Å²) in [6.45, 7) is 9.48. The molecular formula is C15H25N5. The van der Waals surface area contributed by atoms with Gasteiger partial charge in [0.25, 0.3) is 0 Å². The van der Waals surface area contributed by atoms with Gasteiger partial charge in [-0.25, -0.2) is 0 Å². The number of nitrogens with zero attached hydrogens (tertiary/aromatic N) is 3. The van der Waals surface area contributed by atoms with Crippen molar-refractivity contribution in [2.75, 3.05) is 6.54 Å². The lowest BCUT2D eigenvalue weighted by atomic mass is 10.1. The summed E-state index contributed by atoms with van der Waals surface area (Å²) in [5.74, 6) is 0. The molecule has 0 radical (unpaired) electrons. The van der Waals surface area contributed by atoms with Crippen LogP contribution >= 0.6 is 0 Å². The van der Waals surface area contributed by atoms with E-state index in [1.807, 2.05) is 17.9 Å². The van der Waals surface area contributed by atoms with Crippen molar-refractivity contribution in [3.8, 4) is 0 Å². The first-order valence-electron chi connectivity index (χ1n) is 7.23. The molecule has 0 aliphatic rings. The molecule has 0 aromatic carbocycles. The average Bonchev–Trinajstić information content (AvgIpc) is 2.90. The molecule has 2 rings (SSSR count). The smallest absolute Gasteiger partial charge is 0.0644 e. The SMILES string of the molecule is Cc1nn(C)c(C)c1C(C)NCCCc1cn[nH]c1C. The fraction of sp³-hybridized carbons (Fsp3) is 0.600. The predicted octanol–water partition coefficient (Wildman–Crippen LogP) is 2.35. The van der Waals surface area contributed by atoms with Gasteiger partial charge in [0.2, 0.25) is 0 Å². The van der Waals surface area contributed by atoms with Crippen LogP contribution in [-0.4, -0.2) is 26.5 Å². The minimum atomic E-state index is 0.342. The Labute approximate surface area is 120 Å². The summed E-state index contributed by atoms with van der Waals surface area (Å²) < 4.78 is 1.96. The van der Waals surface area contributed by atoms with E-state index in [-0.39, 0.29) is 0 Å². The Hall–Kier alpha value is -1.62. The van der Waals surface area contributed by atoms with Crippen molar-refractivity contribution in [1.29, 1.82) is 0 Å². The van der Waals surface area contributed by atoms with Crippen LogP contribution in [-0.2, 0) is 13.5 Å². The lowest BCUT2D eigenvalue weighted by molar-refractivity contribution is 0.553. The number of aryl methyl sites for hydroxylation is 4. The number of aromatic amines is 1. The molecule has 2 aromatic heterocycles. The third kappa shape index (κ3) is 3.10. The van der Waals surface area contributed by atoms with E-state index >= 15 is 0 Å². The zero-order chi connectivity index (χ0) is 14.7. The molecule has 0 saturated heterocycles. The van der Waals surface area contributed by atoms with Gasteiger partial charge < -0.3 is 5.32 Å². The van der Waals surface area contributed by atoms with Crippen LogP contribution in [0.15, 0.2) is 6.20 Å². The van der Waals surface area contributed by atoms with Gasteiger partial charge in [-0.1, -0.05) is 0 Å². The Balaban J connectivity index is 1.83. The van der Waals surface area contributed by atoms with Gasteiger partial charge in [-0.15, -0.1) is 0 Å². The number of H-pyrrole nitrogens is 1. The standard InChI is InChI=1S/C15H25N5/c1-10-14(9-17-18-10)7-6-8-16-11(2)15-12(3)19-20(5)13(15)4/h9,11,16H,6-8H2,1-5H3,(H,17,18). The number of aromatic nitrogens is 4. The van der Waals surface area contributed by atoms with E-state index in [0.717, 1.165) is 25.1 Å². The average molecular weight is 275 g/mol. The molecule has 5 nitrogen and oxygen atoms in total. The van der Waals surface area contributed by atoms with Crippen molar-refractivity contribution < 1.29 is 0 Å². The van der Waals surface area contributed by atoms with E-state index in [1.165, 1.54) is 22.5 Å². The Morgan fingerprint density at radius 1 is 1.35 bits per heavy atom. The quantitative estimate of drug-likeness (QED) is 0.796. The summed E-state index contributed by atoms with van der Waals surface area (Å²) in [5, 5.41) is 15.1. The molecule has 1 atom stereocenters. The number of rotatable bonds is 6. The third-order valence-electron chi connectivity index (χ3n) is 4.01. The van der Waals surface area contributed by atoms with Crippen LogP contribution in [0.5, 0.6) is 0 Å². The predicted molar refractivity (Wildman–Crippen MR) is 80.7 cm³/mol. The fourth-order valence-corrected chi connectivity index (χ4v) is 2.74. The number of hydrogen-bond donors (Lipinski definition) is 2. The summed E-state index contributed by atoms with van der Waals surface area (Å²) in [5.41, 5.74) is 6.18. The van der Waals surface area contributed by atoms with Crippen LogP contribution in [0.1, 0.15) is 47.6 Å². The molecule has 110 valence electrons. The van der Waals surface area contributed by atoms with Gasteiger partial charge in [-0.3, -0.25) is 9.78 Å². The molecule has 0 spiro atoms. The molecule has 0 fully saturated rings. The van der Waals surface area contributed by atoms with Gasteiger partial charge in [0.1, 0.15) is 0 Å². The first-order chi connectivity index (χ1) is 9.50. The van der Waals surface area contributed by atoms with Gasteiger partial charge in [0.05, 0.1) is 11.9 Å². The lowest BCUT2D eigenvalue weighted by Crippen LogP contribution is -2.21. The first-order valence-corrected chi connectivity index (χ1v) is 7.23. The minimum absolute atomic E-state index is 0.342. The summed E-state index contributed by atoms with van der Waals surface area (Å²) >= 11 is 0. The molecule has 2 N–H and O–H groups in total. The van der Waals surface area contributed by atoms with Crippen molar-refractivity contribution >= 4 is 0 Å². The van der Waals surface area contributed by atoms with Gasteiger partial charge in [0.15, 0.2) is 0 Å². The number of hydrogen-bond acceptors (Lipinski definition) is 3. The normalized spacial score (nSPS) is 12.8. The van der Waals surface area contributed by atoms with Gasteiger partial charge in [0, 0.05) is 30.0 Å². The molecule has 0 saturated carbocycles. The van der Waals surface area contributed by atoms with Crippen molar-refractivity contribution in [1.82, 2.24) is 25.3 Å². The largest absolute Gasteiger partial charge is 0.310 e. The van der Waals surface area contributed by atoms with Crippen LogP contribution in [0.25, 0.3) is 0 Å². The molecule has 0 aliphatic carbocycles. The van der Waals surface area contributed by atoms with Crippen molar-refractivity contribution in [3.05, 3.63) is 34.4 Å². The van der Waals surface area contributed by atoms with Crippen LogP contribution < -0.4 is 5.32 Å². The second kappa shape index (κ2) is 6.22. The molecule has 0 aliphatic heterocycles. The molecular weight excluding hydrogens is 250 g/mol. The highest BCUT2D eigenvalue weighted by molar-refractivity contribution is 5.27. The minimum Gasteiger partial charge on any atom is -0.310 e. The summed E-state index contributed by atoms with van der Waals surface area (Å²) in [4.78, 5) is 0. The van der Waals surface area contributed by atoms with E-state index in [9.17, 15) is 0 Å². The Bertz CT molecular complexity index is 567. The Morgan fingerprint density at radius 2 is 2.10 bits per heavy atom. The van der Waals surface area contributed by atoms with Crippen LogP contribution in [0, 0.1) is 20.8 Å². The van der Waals surface area contributed by atoms with E-state index in [1.54, 1.807) is 0 Å². The van der Waals surface area contributed by atoms with Gasteiger partial charge >= 0.3 is 0 Å². The number of nitrogens with one attached hydrogen (secondary N) is 2. The second-order valence-electron chi connectivity index (χ2n) is 5.51. The molecule has 2 aromatic rings. The Morgan fingerprint density at radius 3 is 2.65 bits per heavy atom. The van der Waals surface area contributed by atoms with Crippen LogP contribution in [0.3, 0.4) is 0 Å². The maximum Gasteiger partial charge on any atom is 0.0644 e. The van der Waals surface area contributed by atoms with Crippen molar-refractivity contribution in [2.24, 2.45) is 7.05 Å². The molecule has 0 bridgehead atoms. The Kier molecular flexibility index (Phi) is 4.60. The summed E-state index contributed by atoms with van der Waals surface area (Å²) in [6, 6.07) is 0.342. The van der Waals surface area contributed by atoms with E-state index in [0.29, 0.717) is 6.04 Å². The van der Waals surface area contributed by atoms with Crippen LogP contribution in [0.4, 0.5) is 0 Å². The third-order valence-corrected chi connectivity index (χ3v) is 4.01. The van der Waals surface area contributed by atoms with Crippen molar-refractivity contribution in [2.45, 2.75) is 46.6 Å². The van der Waals surface area contributed by atoms with Gasteiger partial charge in [-0.05, 0) is 52.6 Å². The maximum atomic E-state index is 4.48. The molecule has 20 heavy (non-hydrogen) atoms. The highest BCUT2D eigenvalue weighted by Crippen LogP contribution is 2.20. The highest BCUT2D eigenvalue weighted by Gasteiger charge is 2.15. The maximum absolute atomic E-state index is 4.48. The molecule has 5 heteroatoms.